The molecule has 0 aliphatic carbocycles. The predicted octanol–water partition coefficient (Wildman–Crippen LogP) is 5.50. The quantitative estimate of drug-likeness (QED) is 0.287. The van der Waals surface area contributed by atoms with Gasteiger partial charge >= 0.3 is 6.18 Å². The molecule has 0 spiro atoms. The van der Waals surface area contributed by atoms with Gasteiger partial charge in [-0.25, -0.2) is 18.2 Å². The third kappa shape index (κ3) is 3.92. The molecule has 1 fully saturated rings. The lowest BCUT2D eigenvalue weighted by Gasteiger charge is -2.34. The number of imidazole rings is 1. The van der Waals surface area contributed by atoms with Gasteiger partial charge in [0.15, 0.2) is 28.4 Å². The Kier molecular flexibility index (Phi) is 5.55. The minimum absolute atomic E-state index is 0.0714. The minimum Gasteiger partial charge on any atom is -0.350 e. The van der Waals surface area contributed by atoms with Gasteiger partial charge < -0.3 is 14.8 Å². The van der Waals surface area contributed by atoms with Gasteiger partial charge in [-0.3, -0.25) is 0 Å². The van der Waals surface area contributed by atoms with Crippen molar-refractivity contribution in [1.29, 1.82) is 0 Å². The molecule has 1 N–H and O–H groups in total. The topological polar surface area (TPSA) is 60.9 Å². The zero-order valence-corrected chi connectivity index (χ0v) is 18.5. The predicted molar refractivity (Wildman–Crippen MR) is 116 cm³/mol. The molecule has 1 aliphatic rings. The maximum absolute atomic E-state index is 14.5. The molecule has 178 valence electrons. The van der Waals surface area contributed by atoms with E-state index in [1.807, 2.05) is 9.80 Å². The number of nitrogens with zero attached hydrogens (tertiary/aromatic N) is 5. The van der Waals surface area contributed by atoms with Crippen molar-refractivity contribution in [2.45, 2.75) is 6.18 Å². The van der Waals surface area contributed by atoms with Gasteiger partial charge in [-0.15, -0.1) is 0 Å². The van der Waals surface area contributed by atoms with Crippen molar-refractivity contribution in [3.63, 3.8) is 0 Å². The Morgan fingerprint density at radius 3 is 2.26 bits per heavy atom. The van der Waals surface area contributed by atoms with E-state index in [1.165, 1.54) is 0 Å². The minimum atomic E-state index is -4.76. The zero-order chi connectivity index (χ0) is 24.2. The van der Waals surface area contributed by atoms with Crippen molar-refractivity contribution in [2.75, 3.05) is 36.0 Å². The first-order valence-corrected chi connectivity index (χ1v) is 11.0. The van der Waals surface area contributed by atoms with E-state index < -0.39 is 34.8 Å². The second kappa shape index (κ2) is 8.31. The van der Waals surface area contributed by atoms with E-state index in [1.54, 1.807) is 0 Å². The molecule has 0 radical (unpaired) electrons. The first kappa shape index (κ1) is 22.7. The smallest absolute Gasteiger partial charge is 0.350 e. The van der Waals surface area contributed by atoms with Crippen LogP contribution in [0, 0.1) is 17.5 Å². The van der Waals surface area contributed by atoms with Crippen LogP contribution in [0.2, 0.25) is 5.15 Å². The number of hydrogen-bond acceptors (Lipinski definition) is 6. The molecule has 4 aromatic rings. The summed E-state index contributed by atoms with van der Waals surface area (Å²) in [6.45, 7) is 1.88. The highest BCUT2D eigenvalue weighted by Gasteiger charge is 2.33. The SMILES string of the molecule is Fc1ccc(-c2cc(C(F)(F)F)cc3nc(N4CCN(c5nsnc5Cl)CC4)[nH]c23)c(F)c1F. The van der Waals surface area contributed by atoms with Crippen LogP contribution in [0.4, 0.5) is 38.1 Å². The summed E-state index contributed by atoms with van der Waals surface area (Å²) in [5, 5.41) is 0.292. The number of halogens is 7. The van der Waals surface area contributed by atoms with Crippen LogP contribution in [-0.2, 0) is 6.18 Å². The summed E-state index contributed by atoms with van der Waals surface area (Å²) in [4.78, 5) is 10.9. The fourth-order valence-corrected chi connectivity index (χ4v) is 4.63. The largest absolute Gasteiger partial charge is 0.416 e. The van der Waals surface area contributed by atoms with Crippen LogP contribution in [0.3, 0.4) is 0 Å². The van der Waals surface area contributed by atoms with E-state index in [9.17, 15) is 26.3 Å². The maximum Gasteiger partial charge on any atom is 0.416 e. The second-order valence-corrected chi connectivity index (χ2v) is 8.44. The fourth-order valence-electron chi connectivity index (χ4n) is 3.85. The first-order valence-electron chi connectivity index (χ1n) is 9.86. The summed E-state index contributed by atoms with van der Waals surface area (Å²) < 4.78 is 90.5. The van der Waals surface area contributed by atoms with Crippen LogP contribution in [0.1, 0.15) is 5.56 Å². The first-order chi connectivity index (χ1) is 16.1. The Morgan fingerprint density at radius 1 is 0.912 bits per heavy atom. The molecule has 34 heavy (non-hydrogen) atoms. The van der Waals surface area contributed by atoms with Crippen molar-refractivity contribution in [1.82, 2.24) is 18.7 Å². The molecule has 0 amide bonds. The van der Waals surface area contributed by atoms with Gasteiger partial charge in [0.2, 0.25) is 5.95 Å². The summed E-state index contributed by atoms with van der Waals surface area (Å²) in [7, 11) is 0. The number of rotatable bonds is 3. The van der Waals surface area contributed by atoms with Crippen molar-refractivity contribution in [3.8, 4) is 11.1 Å². The Morgan fingerprint density at radius 2 is 1.62 bits per heavy atom. The van der Waals surface area contributed by atoms with Crippen LogP contribution in [0.5, 0.6) is 0 Å². The lowest BCUT2D eigenvalue weighted by molar-refractivity contribution is -0.137. The average Bonchev–Trinajstić information content (AvgIpc) is 3.43. The highest BCUT2D eigenvalue weighted by atomic mass is 35.5. The Balaban J connectivity index is 1.54. The van der Waals surface area contributed by atoms with Gasteiger partial charge in [0, 0.05) is 37.3 Å². The molecule has 0 saturated carbocycles. The number of H-pyrrole nitrogens is 1. The van der Waals surface area contributed by atoms with Gasteiger partial charge in [0.1, 0.15) is 0 Å². The van der Waals surface area contributed by atoms with E-state index in [4.69, 9.17) is 11.6 Å². The highest BCUT2D eigenvalue weighted by Crippen LogP contribution is 2.39. The van der Waals surface area contributed by atoms with Gasteiger partial charge in [-0.1, -0.05) is 11.6 Å². The molecular weight excluding hydrogens is 506 g/mol. The lowest BCUT2D eigenvalue weighted by Crippen LogP contribution is -2.47. The number of hydrogen-bond donors (Lipinski definition) is 1. The van der Waals surface area contributed by atoms with Crippen LogP contribution >= 0.6 is 23.3 Å². The number of aromatic nitrogens is 4. The summed E-state index contributed by atoms with van der Waals surface area (Å²) in [5.41, 5.74) is -1.90. The Labute approximate surface area is 197 Å². The number of alkyl halides is 3. The van der Waals surface area contributed by atoms with Crippen molar-refractivity contribution in [2.24, 2.45) is 0 Å². The lowest BCUT2D eigenvalue weighted by atomic mass is 10.00. The average molecular weight is 519 g/mol. The summed E-state index contributed by atoms with van der Waals surface area (Å²) in [6, 6.07) is 3.07. The van der Waals surface area contributed by atoms with E-state index in [2.05, 4.69) is 18.7 Å². The van der Waals surface area contributed by atoms with E-state index in [-0.39, 0.29) is 22.5 Å². The van der Waals surface area contributed by atoms with Crippen LogP contribution in [0.15, 0.2) is 24.3 Å². The third-order valence-corrected chi connectivity index (χ3v) is 6.42. The molecule has 2 aromatic carbocycles. The van der Waals surface area contributed by atoms with Crippen LogP contribution in [0.25, 0.3) is 22.2 Å². The van der Waals surface area contributed by atoms with Crippen LogP contribution in [-0.4, -0.2) is 44.9 Å². The normalized spacial score (nSPS) is 14.9. The van der Waals surface area contributed by atoms with Gasteiger partial charge in [0.25, 0.3) is 0 Å². The van der Waals surface area contributed by atoms with Gasteiger partial charge in [0.05, 0.1) is 28.3 Å². The molecule has 0 bridgehead atoms. The number of aromatic amines is 1. The van der Waals surface area contributed by atoms with Crippen molar-refractivity contribution >= 4 is 46.1 Å². The second-order valence-electron chi connectivity index (χ2n) is 7.55. The number of benzene rings is 2. The third-order valence-electron chi connectivity index (χ3n) is 5.54. The monoisotopic (exact) mass is 518 g/mol. The maximum atomic E-state index is 14.5. The molecule has 3 heterocycles. The molecule has 1 aliphatic heterocycles. The van der Waals surface area contributed by atoms with E-state index in [0.29, 0.717) is 49.3 Å². The molecule has 5 rings (SSSR count). The summed E-state index contributed by atoms with van der Waals surface area (Å²) in [6.07, 6.45) is -4.76. The van der Waals surface area contributed by atoms with Crippen LogP contribution < -0.4 is 9.80 Å². The number of anilines is 2. The molecule has 2 aromatic heterocycles. The number of piperazine rings is 1. The van der Waals surface area contributed by atoms with Gasteiger partial charge in [-0.05, 0) is 24.3 Å². The fraction of sp³-hybridized carbons (Fsp3) is 0.250. The summed E-state index contributed by atoms with van der Waals surface area (Å²) in [5.74, 6) is -3.97. The van der Waals surface area contributed by atoms with Crippen molar-refractivity contribution < 1.29 is 26.3 Å². The molecule has 6 nitrogen and oxygen atoms in total. The molecule has 0 unspecified atom stereocenters. The molecular formula is C20H13ClF6N6S. The number of fused-ring (bicyclic) bond motifs is 1. The zero-order valence-electron chi connectivity index (χ0n) is 16.9. The standard InChI is InChI=1S/C20H13ClF6N6S/c21-17-18(31-34-30-17)32-3-5-33(6-4-32)19-28-13-8-9(20(25,26)27)7-11(16(13)29-19)10-1-2-12(22)15(24)14(10)23/h1-2,7-8H,3-6H2,(H,28,29). The van der Waals surface area contributed by atoms with E-state index in [0.717, 1.165) is 23.9 Å². The Bertz CT molecular complexity index is 1380. The summed E-state index contributed by atoms with van der Waals surface area (Å²) >= 11 is 7.02. The van der Waals surface area contributed by atoms with Gasteiger partial charge in [-0.2, -0.15) is 21.9 Å². The van der Waals surface area contributed by atoms with Crippen molar-refractivity contribution in [3.05, 3.63) is 52.4 Å². The van der Waals surface area contributed by atoms with E-state index >= 15 is 0 Å². The number of nitrogens with one attached hydrogen (secondary N) is 1. The highest BCUT2D eigenvalue weighted by molar-refractivity contribution is 6.99. The molecule has 1 saturated heterocycles. The molecule has 0 atom stereocenters. The Hall–Kier alpha value is -3.06. The molecule has 14 heteroatoms.